The van der Waals surface area contributed by atoms with Gasteiger partial charge in [0, 0.05) is 25.0 Å². The summed E-state index contributed by atoms with van der Waals surface area (Å²) < 4.78 is 5.56. The van der Waals surface area contributed by atoms with Crippen molar-refractivity contribution in [2.45, 2.75) is 85.2 Å². The number of fused-ring (bicyclic) bond motifs is 5. The number of carbonyl (C=O) groups excluding carboxylic acids is 2. The minimum absolute atomic E-state index is 0.0553. The lowest BCUT2D eigenvalue weighted by Crippen LogP contribution is -2.51. The van der Waals surface area contributed by atoms with Crippen molar-refractivity contribution in [3.63, 3.8) is 0 Å². The lowest BCUT2D eigenvalue weighted by molar-refractivity contribution is -0.148. The number of nitrogens with two attached hydrogens (primary N) is 1. The number of hydrazone groups is 1. The molecule has 6 heteroatoms. The third kappa shape index (κ3) is 3.46. The van der Waals surface area contributed by atoms with Crippen molar-refractivity contribution >= 4 is 17.7 Å². The third-order valence-corrected chi connectivity index (χ3v) is 9.24. The molecular formula is C24H37N3O3. The lowest BCUT2D eigenvalue weighted by Gasteiger charge is -2.58. The van der Waals surface area contributed by atoms with E-state index in [-0.39, 0.29) is 22.9 Å². The van der Waals surface area contributed by atoms with Crippen molar-refractivity contribution in [1.82, 2.24) is 5.43 Å². The van der Waals surface area contributed by atoms with Crippen LogP contribution in [0.3, 0.4) is 0 Å². The zero-order valence-corrected chi connectivity index (χ0v) is 18.9. The van der Waals surface area contributed by atoms with Crippen molar-refractivity contribution in [3.8, 4) is 0 Å². The first-order valence-electron chi connectivity index (χ1n) is 11.6. The predicted octanol–water partition coefficient (Wildman–Crippen LogP) is 4.54. The van der Waals surface area contributed by atoms with E-state index in [1.165, 1.54) is 31.8 Å². The second-order valence-corrected chi connectivity index (χ2v) is 10.6. The van der Waals surface area contributed by atoms with Crippen LogP contribution in [0.4, 0.5) is 4.79 Å². The Labute approximate surface area is 180 Å². The molecule has 3 saturated carbocycles. The zero-order valence-electron chi connectivity index (χ0n) is 18.9. The molecule has 6 nitrogen and oxygen atoms in total. The quantitative estimate of drug-likeness (QED) is 0.307. The van der Waals surface area contributed by atoms with Crippen LogP contribution in [0.1, 0.15) is 79.1 Å². The molecule has 0 aromatic carbocycles. The minimum atomic E-state index is -0.597. The molecule has 2 amide bonds. The van der Waals surface area contributed by atoms with Gasteiger partial charge in [0.05, 0.1) is 0 Å². The fraction of sp³-hybridized carbons (Fsp3) is 0.792. The fourth-order valence-electron chi connectivity index (χ4n) is 7.87. The van der Waals surface area contributed by atoms with Crippen LogP contribution < -0.4 is 11.2 Å². The van der Waals surface area contributed by atoms with Crippen LogP contribution in [0.2, 0.25) is 0 Å². The Morgan fingerprint density at radius 1 is 1.13 bits per heavy atom. The number of allylic oxidation sites excluding steroid dienone is 1. The molecule has 0 aliphatic heterocycles. The molecule has 4 aliphatic carbocycles. The van der Waals surface area contributed by atoms with E-state index >= 15 is 0 Å². The van der Waals surface area contributed by atoms with Gasteiger partial charge in [-0.2, -0.15) is 5.10 Å². The van der Waals surface area contributed by atoms with Crippen LogP contribution in [0.5, 0.6) is 0 Å². The second-order valence-electron chi connectivity index (χ2n) is 10.6. The van der Waals surface area contributed by atoms with E-state index in [1.54, 1.807) is 0 Å². The molecule has 0 spiro atoms. The smallest absolute Gasteiger partial charge is 0.332 e. The van der Waals surface area contributed by atoms with E-state index in [4.69, 9.17) is 10.5 Å². The highest BCUT2D eigenvalue weighted by Crippen LogP contribution is 2.66. The van der Waals surface area contributed by atoms with Crippen molar-refractivity contribution in [1.29, 1.82) is 0 Å². The van der Waals surface area contributed by atoms with Gasteiger partial charge in [0.15, 0.2) is 0 Å². The molecular weight excluding hydrogens is 378 g/mol. The summed E-state index contributed by atoms with van der Waals surface area (Å²) in [6.45, 7) is 8.48. The highest BCUT2D eigenvalue weighted by molar-refractivity contribution is 5.86. The van der Waals surface area contributed by atoms with Crippen LogP contribution in [0.15, 0.2) is 16.8 Å². The summed E-state index contributed by atoms with van der Waals surface area (Å²) in [6, 6.07) is -0.597. The van der Waals surface area contributed by atoms with Crippen LogP contribution >= 0.6 is 0 Å². The largest absolute Gasteiger partial charge is 0.462 e. The van der Waals surface area contributed by atoms with E-state index in [0.29, 0.717) is 23.7 Å². The van der Waals surface area contributed by atoms with Gasteiger partial charge < -0.3 is 10.5 Å². The lowest BCUT2D eigenvalue weighted by atomic mass is 9.47. The number of urea groups is 1. The monoisotopic (exact) mass is 415 g/mol. The molecule has 7 atom stereocenters. The molecule has 0 bridgehead atoms. The van der Waals surface area contributed by atoms with Gasteiger partial charge in [-0.25, -0.2) is 10.2 Å². The van der Waals surface area contributed by atoms with E-state index in [0.717, 1.165) is 37.8 Å². The summed E-state index contributed by atoms with van der Waals surface area (Å²) in [6.07, 6.45) is 11.5. The molecule has 0 heterocycles. The van der Waals surface area contributed by atoms with Gasteiger partial charge in [-0.1, -0.05) is 25.5 Å². The summed E-state index contributed by atoms with van der Waals surface area (Å²) >= 11 is 0. The van der Waals surface area contributed by atoms with Crippen molar-refractivity contribution < 1.29 is 14.3 Å². The average molecular weight is 416 g/mol. The number of rotatable bonds is 3. The van der Waals surface area contributed by atoms with Crippen LogP contribution in [-0.2, 0) is 9.53 Å². The number of hydrogen-bond donors (Lipinski definition) is 2. The van der Waals surface area contributed by atoms with Gasteiger partial charge in [-0.15, -0.1) is 0 Å². The summed E-state index contributed by atoms with van der Waals surface area (Å²) in [5.41, 5.74) is 10.7. The molecule has 0 unspecified atom stereocenters. The Hall–Kier alpha value is -1.85. The second kappa shape index (κ2) is 7.69. The topological polar surface area (TPSA) is 93.8 Å². The Morgan fingerprint density at radius 2 is 1.90 bits per heavy atom. The molecule has 3 N–H and O–H groups in total. The number of nitrogens with zero attached hydrogens (tertiary/aromatic N) is 1. The first-order chi connectivity index (χ1) is 14.1. The fourth-order valence-corrected chi connectivity index (χ4v) is 7.87. The number of nitrogens with one attached hydrogen (secondary N) is 1. The Morgan fingerprint density at radius 3 is 2.60 bits per heavy atom. The maximum Gasteiger partial charge on any atom is 0.332 e. The summed E-state index contributed by atoms with van der Waals surface area (Å²) in [7, 11) is 0. The molecule has 0 aromatic rings. The molecule has 166 valence electrons. The Balaban J connectivity index is 1.54. The van der Waals surface area contributed by atoms with Crippen molar-refractivity contribution in [3.05, 3.63) is 11.6 Å². The molecule has 4 aliphatic rings. The average Bonchev–Trinajstić information content (AvgIpc) is 3.03. The van der Waals surface area contributed by atoms with Gasteiger partial charge in [0.1, 0.15) is 6.10 Å². The normalized spacial score (nSPS) is 43.0. The number of esters is 1. The number of carbonyl (C=O) groups is 2. The molecule has 0 aromatic heterocycles. The van der Waals surface area contributed by atoms with E-state index < -0.39 is 6.03 Å². The van der Waals surface area contributed by atoms with Crippen LogP contribution in [0.25, 0.3) is 0 Å². The highest BCUT2D eigenvalue weighted by Gasteiger charge is 2.59. The van der Waals surface area contributed by atoms with Crippen molar-refractivity contribution in [2.75, 3.05) is 0 Å². The molecule has 30 heavy (non-hydrogen) atoms. The minimum Gasteiger partial charge on any atom is -0.462 e. The maximum atomic E-state index is 11.4. The first-order valence-corrected chi connectivity index (χ1v) is 11.6. The van der Waals surface area contributed by atoms with E-state index in [1.807, 2.05) is 6.92 Å². The Bertz CT molecular complexity index is 791. The van der Waals surface area contributed by atoms with Crippen LogP contribution in [0, 0.1) is 34.5 Å². The summed E-state index contributed by atoms with van der Waals surface area (Å²) in [5, 5.41) is 4.30. The van der Waals surface area contributed by atoms with E-state index in [9.17, 15) is 9.59 Å². The number of ether oxygens (including phenoxy) is 1. The number of amides is 2. The molecule has 0 saturated heterocycles. The van der Waals surface area contributed by atoms with E-state index in [2.05, 4.69) is 30.5 Å². The van der Waals surface area contributed by atoms with Gasteiger partial charge in [-0.3, -0.25) is 4.79 Å². The van der Waals surface area contributed by atoms with Crippen molar-refractivity contribution in [2.24, 2.45) is 45.3 Å². The number of hydrogen-bond acceptors (Lipinski definition) is 4. The SMILES string of the molecule is CC(=O)O[C@@H]1CC[C@@]2(C)C(=CC[C@H]3[C@@H]4CC[C@H](/C(C)=N\NC(N)=O)[C@@]4(C)CC[C@@H]32)C1. The third-order valence-electron chi connectivity index (χ3n) is 9.24. The molecule has 3 fully saturated rings. The Kier molecular flexibility index (Phi) is 5.48. The molecule has 0 radical (unpaired) electrons. The standard InChI is InChI=1S/C24H37N3O3/c1-14(26-27-22(25)29)19-7-8-20-18-6-5-16-13-17(30-15(2)28)9-11-23(16,3)21(18)10-12-24(19,20)4/h5,17-21H,6-13H2,1-4H3,(H3,25,27,29)/b26-14-/t17-,18+,19-,20+,21+,23+,24-/m1/s1. The van der Waals surface area contributed by atoms with Crippen LogP contribution in [-0.4, -0.2) is 23.8 Å². The summed E-state index contributed by atoms with van der Waals surface area (Å²) in [4.78, 5) is 22.5. The van der Waals surface area contributed by atoms with Gasteiger partial charge in [0.2, 0.25) is 0 Å². The highest BCUT2D eigenvalue weighted by atomic mass is 16.5. The van der Waals surface area contributed by atoms with Gasteiger partial charge in [-0.05, 0) is 80.5 Å². The predicted molar refractivity (Wildman–Crippen MR) is 117 cm³/mol. The van der Waals surface area contributed by atoms with Gasteiger partial charge in [0.25, 0.3) is 0 Å². The maximum absolute atomic E-state index is 11.4. The zero-order chi connectivity index (χ0) is 21.7. The number of primary amides is 1. The summed E-state index contributed by atoms with van der Waals surface area (Å²) in [5.74, 6) is 2.37. The molecule has 4 rings (SSSR count). The first kappa shape index (κ1) is 21.4. The van der Waals surface area contributed by atoms with Gasteiger partial charge >= 0.3 is 12.0 Å².